The third-order valence-electron chi connectivity index (χ3n) is 2.99. The van der Waals surface area contributed by atoms with Gasteiger partial charge in [0.25, 0.3) is 0 Å². The van der Waals surface area contributed by atoms with E-state index in [9.17, 15) is 14.4 Å². The van der Waals surface area contributed by atoms with Gasteiger partial charge in [-0.1, -0.05) is 64.5 Å². The Labute approximate surface area is 131 Å². The number of rotatable bonds is 6. The van der Waals surface area contributed by atoms with E-state index in [1.54, 1.807) is 54.6 Å². The zero-order chi connectivity index (χ0) is 15.2. The van der Waals surface area contributed by atoms with Crippen LogP contribution in [0.15, 0.2) is 59.1 Å². The van der Waals surface area contributed by atoms with Crippen LogP contribution in [-0.2, 0) is 4.79 Å². The van der Waals surface area contributed by atoms with E-state index >= 15 is 0 Å². The average molecular weight is 345 g/mol. The minimum Gasteiger partial charge on any atom is -0.299 e. The highest BCUT2D eigenvalue weighted by Gasteiger charge is 2.17. The van der Waals surface area contributed by atoms with Crippen LogP contribution in [0.2, 0.25) is 0 Å². The van der Waals surface area contributed by atoms with Crippen molar-refractivity contribution in [1.29, 1.82) is 0 Å². The van der Waals surface area contributed by atoms with Gasteiger partial charge in [0.1, 0.15) is 5.78 Å². The number of hydrogen-bond donors (Lipinski definition) is 0. The summed E-state index contributed by atoms with van der Waals surface area (Å²) in [7, 11) is 0. The molecular formula is C17H13BrO3. The number of benzene rings is 2. The summed E-state index contributed by atoms with van der Waals surface area (Å²) in [5, 5.41) is 0. The summed E-state index contributed by atoms with van der Waals surface area (Å²) in [4.78, 5) is 35.8. The van der Waals surface area contributed by atoms with Crippen molar-refractivity contribution in [2.75, 3.05) is 0 Å². The van der Waals surface area contributed by atoms with Gasteiger partial charge in [0, 0.05) is 15.6 Å². The zero-order valence-electron chi connectivity index (χ0n) is 11.2. The molecule has 0 atom stereocenters. The van der Waals surface area contributed by atoms with Crippen molar-refractivity contribution >= 4 is 33.3 Å². The summed E-state index contributed by atoms with van der Waals surface area (Å²) in [5.41, 5.74) is 0.942. The minimum absolute atomic E-state index is 0.250. The molecule has 0 saturated heterocycles. The lowest BCUT2D eigenvalue weighted by Gasteiger charge is -2.03. The normalized spacial score (nSPS) is 10.1. The highest BCUT2D eigenvalue weighted by atomic mass is 79.9. The summed E-state index contributed by atoms with van der Waals surface area (Å²) in [5.74, 6) is -0.918. The minimum atomic E-state index is -0.371. The summed E-state index contributed by atoms with van der Waals surface area (Å²) in [6, 6.07) is 15.5. The molecule has 0 fully saturated rings. The third-order valence-corrected chi connectivity index (χ3v) is 3.68. The number of carbonyl (C=O) groups is 3. The van der Waals surface area contributed by atoms with Gasteiger partial charge in [-0.25, -0.2) is 0 Å². The van der Waals surface area contributed by atoms with E-state index in [0.29, 0.717) is 15.6 Å². The van der Waals surface area contributed by atoms with Crippen LogP contribution >= 0.6 is 15.9 Å². The molecule has 21 heavy (non-hydrogen) atoms. The summed E-state index contributed by atoms with van der Waals surface area (Å²) >= 11 is 3.28. The van der Waals surface area contributed by atoms with Crippen molar-refractivity contribution in [1.82, 2.24) is 0 Å². The van der Waals surface area contributed by atoms with Crippen LogP contribution in [0.1, 0.15) is 33.6 Å². The van der Waals surface area contributed by atoms with Crippen LogP contribution in [0.25, 0.3) is 0 Å². The fourth-order valence-electron chi connectivity index (χ4n) is 1.93. The summed E-state index contributed by atoms with van der Waals surface area (Å²) in [6.45, 7) is 0. The maximum atomic E-state index is 12.0. The van der Waals surface area contributed by atoms with Crippen LogP contribution in [0.3, 0.4) is 0 Å². The molecule has 0 spiro atoms. The molecule has 0 saturated carbocycles. The largest absolute Gasteiger partial charge is 0.299 e. The second kappa shape index (κ2) is 7.09. The molecule has 4 heteroatoms. The molecule has 0 N–H and O–H groups in total. The van der Waals surface area contributed by atoms with Crippen LogP contribution in [-0.4, -0.2) is 17.3 Å². The fraction of sp³-hybridized carbons (Fsp3) is 0.118. The Hall–Kier alpha value is -2.07. The maximum absolute atomic E-state index is 12.0. The molecule has 0 aliphatic rings. The van der Waals surface area contributed by atoms with Crippen molar-refractivity contribution in [3.05, 3.63) is 70.2 Å². The van der Waals surface area contributed by atoms with Crippen molar-refractivity contribution in [3.8, 4) is 0 Å². The first-order valence-electron chi connectivity index (χ1n) is 6.45. The van der Waals surface area contributed by atoms with Crippen LogP contribution in [0.5, 0.6) is 0 Å². The van der Waals surface area contributed by atoms with Gasteiger partial charge in [-0.3, -0.25) is 14.4 Å². The third kappa shape index (κ3) is 4.20. The van der Waals surface area contributed by atoms with Gasteiger partial charge in [0.2, 0.25) is 0 Å². The van der Waals surface area contributed by atoms with Crippen molar-refractivity contribution < 1.29 is 14.4 Å². The first kappa shape index (κ1) is 15.3. The van der Waals surface area contributed by atoms with Gasteiger partial charge in [-0.2, -0.15) is 0 Å². The molecule has 2 aromatic rings. The SMILES string of the molecule is O=C(CC(=O)c1ccccc1)CC(=O)c1ccccc1Br. The van der Waals surface area contributed by atoms with Gasteiger partial charge in [-0.15, -0.1) is 0 Å². The van der Waals surface area contributed by atoms with E-state index in [1.807, 2.05) is 0 Å². The number of ketones is 3. The molecule has 2 rings (SSSR count). The van der Waals surface area contributed by atoms with Gasteiger partial charge in [0.05, 0.1) is 12.8 Å². The monoisotopic (exact) mass is 344 g/mol. The lowest BCUT2D eigenvalue weighted by molar-refractivity contribution is -0.117. The lowest BCUT2D eigenvalue weighted by atomic mass is 10.0. The Morgan fingerprint density at radius 1 is 0.762 bits per heavy atom. The summed E-state index contributed by atoms with van der Waals surface area (Å²) in [6.07, 6.45) is -0.513. The molecule has 3 nitrogen and oxygen atoms in total. The number of carbonyl (C=O) groups excluding carboxylic acids is 3. The average Bonchev–Trinajstić information content (AvgIpc) is 2.48. The molecule has 0 heterocycles. The van der Waals surface area contributed by atoms with Gasteiger partial charge in [-0.05, 0) is 6.07 Å². The van der Waals surface area contributed by atoms with E-state index in [-0.39, 0.29) is 30.2 Å². The van der Waals surface area contributed by atoms with Crippen LogP contribution in [0.4, 0.5) is 0 Å². The molecule has 0 aromatic heterocycles. The van der Waals surface area contributed by atoms with Crippen LogP contribution in [0, 0.1) is 0 Å². The molecular weight excluding hydrogens is 332 g/mol. The van der Waals surface area contributed by atoms with E-state index in [1.165, 1.54) is 0 Å². The molecule has 2 aromatic carbocycles. The number of halogens is 1. The number of hydrogen-bond acceptors (Lipinski definition) is 3. The molecule has 0 aliphatic heterocycles. The van der Waals surface area contributed by atoms with E-state index < -0.39 is 0 Å². The van der Waals surface area contributed by atoms with Crippen molar-refractivity contribution in [2.45, 2.75) is 12.8 Å². The standard InChI is InChI=1S/C17H13BrO3/c18-15-9-5-4-8-14(15)17(21)11-13(19)10-16(20)12-6-2-1-3-7-12/h1-9H,10-11H2. The second-order valence-electron chi connectivity index (χ2n) is 4.58. The van der Waals surface area contributed by atoms with Crippen LogP contribution < -0.4 is 0 Å². The maximum Gasteiger partial charge on any atom is 0.171 e. The predicted molar refractivity (Wildman–Crippen MR) is 83.5 cm³/mol. The van der Waals surface area contributed by atoms with Gasteiger partial charge < -0.3 is 0 Å². The highest BCUT2D eigenvalue weighted by molar-refractivity contribution is 9.10. The second-order valence-corrected chi connectivity index (χ2v) is 5.44. The molecule has 0 aliphatic carbocycles. The van der Waals surface area contributed by atoms with Crippen molar-refractivity contribution in [3.63, 3.8) is 0 Å². The highest BCUT2D eigenvalue weighted by Crippen LogP contribution is 2.18. The first-order chi connectivity index (χ1) is 10.1. The molecule has 0 bridgehead atoms. The first-order valence-corrected chi connectivity index (χ1v) is 7.25. The summed E-state index contributed by atoms with van der Waals surface area (Å²) < 4.78 is 0.650. The van der Waals surface area contributed by atoms with E-state index in [4.69, 9.17) is 0 Å². The zero-order valence-corrected chi connectivity index (χ0v) is 12.8. The smallest absolute Gasteiger partial charge is 0.171 e. The topological polar surface area (TPSA) is 51.2 Å². The molecule has 106 valence electrons. The predicted octanol–water partition coefficient (Wildman–Crippen LogP) is 3.86. The van der Waals surface area contributed by atoms with Gasteiger partial charge in [0.15, 0.2) is 11.6 Å². The quantitative estimate of drug-likeness (QED) is 0.590. The number of Topliss-reactive ketones (excluding diaryl/α,β-unsaturated/α-hetero) is 3. The molecule has 0 radical (unpaired) electrons. The Kier molecular flexibility index (Phi) is 5.17. The Bertz CT molecular complexity index is 677. The Morgan fingerprint density at radius 2 is 1.33 bits per heavy atom. The Morgan fingerprint density at radius 3 is 2.00 bits per heavy atom. The van der Waals surface area contributed by atoms with Crippen molar-refractivity contribution in [2.24, 2.45) is 0 Å². The van der Waals surface area contributed by atoms with E-state index in [0.717, 1.165) is 0 Å². The lowest BCUT2D eigenvalue weighted by Crippen LogP contribution is -2.13. The van der Waals surface area contributed by atoms with Gasteiger partial charge >= 0.3 is 0 Å². The molecule has 0 unspecified atom stereocenters. The Balaban J connectivity index is 1.98. The van der Waals surface area contributed by atoms with E-state index in [2.05, 4.69) is 15.9 Å². The fourth-order valence-corrected chi connectivity index (χ4v) is 2.44. The molecule has 0 amide bonds.